The third-order valence-corrected chi connectivity index (χ3v) is 5.70. The largest absolute Gasteiger partial charge is 0.465 e. The number of halogens is 1. The first-order valence-electron chi connectivity index (χ1n) is 9.95. The van der Waals surface area contributed by atoms with Gasteiger partial charge in [-0.1, -0.05) is 17.7 Å². The number of hydrogen-bond acceptors (Lipinski definition) is 5. The standard InChI is InChI=1S/C25H21ClN2O4/c1-14-5-7-18(11-15(14)2)28-24(29)20(16(3)27-28)13-19-8-10-23(32-19)17-6-9-22(26)21(12-17)25(30)31-4/h5-13H,1-4H3/b20-13+. The van der Waals surface area contributed by atoms with Crippen LogP contribution >= 0.6 is 11.6 Å². The van der Waals surface area contributed by atoms with Crippen molar-refractivity contribution in [2.75, 3.05) is 12.1 Å². The SMILES string of the molecule is COC(=O)c1cc(-c2ccc(/C=C3/C(=O)N(c4ccc(C)c(C)c4)N=C3C)o2)ccc1Cl. The Labute approximate surface area is 190 Å². The van der Waals surface area contributed by atoms with Crippen molar-refractivity contribution in [1.29, 1.82) is 0 Å². The number of methoxy groups -OCH3 is 1. The molecular formula is C25H21ClN2O4. The Morgan fingerprint density at radius 1 is 1.06 bits per heavy atom. The molecule has 0 fully saturated rings. The number of nitrogens with zero attached hydrogens (tertiary/aromatic N) is 2. The van der Waals surface area contributed by atoms with Gasteiger partial charge in [-0.25, -0.2) is 4.79 Å². The van der Waals surface area contributed by atoms with Crippen molar-refractivity contribution >= 4 is 41.0 Å². The van der Waals surface area contributed by atoms with Crippen LogP contribution in [-0.4, -0.2) is 24.7 Å². The number of esters is 1. The van der Waals surface area contributed by atoms with Gasteiger partial charge in [-0.05, 0) is 80.4 Å². The normalized spacial score (nSPS) is 14.8. The quantitative estimate of drug-likeness (QED) is 0.373. The van der Waals surface area contributed by atoms with E-state index in [2.05, 4.69) is 5.10 Å². The molecule has 1 aromatic heterocycles. The number of ether oxygens (including phenoxy) is 1. The molecule has 0 atom stereocenters. The zero-order chi connectivity index (χ0) is 23.0. The molecule has 32 heavy (non-hydrogen) atoms. The van der Waals surface area contributed by atoms with Gasteiger partial charge >= 0.3 is 5.97 Å². The van der Waals surface area contributed by atoms with E-state index in [0.717, 1.165) is 16.8 Å². The van der Waals surface area contributed by atoms with Gasteiger partial charge in [0, 0.05) is 5.56 Å². The van der Waals surface area contributed by atoms with E-state index in [1.165, 1.54) is 12.1 Å². The van der Waals surface area contributed by atoms with E-state index in [-0.39, 0.29) is 11.5 Å². The molecule has 6 nitrogen and oxygen atoms in total. The highest BCUT2D eigenvalue weighted by molar-refractivity contribution is 6.33. The third-order valence-electron chi connectivity index (χ3n) is 5.37. The Morgan fingerprint density at radius 2 is 1.84 bits per heavy atom. The summed E-state index contributed by atoms with van der Waals surface area (Å²) in [5, 5.41) is 6.13. The highest BCUT2D eigenvalue weighted by Crippen LogP contribution is 2.30. The number of carbonyl (C=O) groups excluding carboxylic acids is 2. The van der Waals surface area contributed by atoms with Crippen LogP contribution in [0.25, 0.3) is 17.4 Å². The monoisotopic (exact) mass is 448 g/mol. The van der Waals surface area contributed by atoms with Gasteiger partial charge in [0.2, 0.25) is 0 Å². The fraction of sp³-hybridized carbons (Fsp3) is 0.160. The molecular weight excluding hydrogens is 428 g/mol. The van der Waals surface area contributed by atoms with Crippen LogP contribution in [0.15, 0.2) is 63.6 Å². The molecule has 3 aromatic rings. The van der Waals surface area contributed by atoms with Gasteiger partial charge in [0.1, 0.15) is 11.5 Å². The number of rotatable bonds is 4. The molecule has 0 unspecified atom stereocenters. The van der Waals surface area contributed by atoms with E-state index in [1.807, 2.05) is 32.0 Å². The maximum Gasteiger partial charge on any atom is 0.339 e. The number of carbonyl (C=O) groups is 2. The topological polar surface area (TPSA) is 72.1 Å². The summed E-state index contributed by atoms with van der Waals surface area (Å²) < 4.78 is 10.7. The van der Waals surface area contributed by atoms with Crippen molar-refractivity contribution < 1.29 is 18.7 Å². The van der Waals surface area contributed by atoms with Crippen molar-refractivity contribution in [2.24, 2.45) is 5.10 Å². The van der Waals surface area contributed by atoms with E-state index in [0.29, 0.717) is 33.4 Å². The molecule has 0 bridgehead atoms. The molecule has 0 saturated heterocycles. The molecule has 1 amide bonds. The predicted octanol–water partition coefficient (Wildman–Crippen LogP) is 5.81. The van der Waals surface area contributed by atoms with Crippen molar-refractivity contribution in [1.82, 2.24) is 0 Å². The minimum absolute atomic E-state index is 0.219. The average Bonchev–Trinajstić information content (AvgIpc) is 3.36. The number of hydrogen-bond donors (Lipinski definition) is 0. The molecule has 162 valence electrons. The number of hydrazone groups is 1. The second-order valence-corrected chi connectivity index (χ2v) is 7.92. The molecule has 2 heterocycles. The van der Waals surface area contributed by atoms with E-state index in [9.17, 15) is 9.59 Å². The minimum atomic E-state index is -0.527. The van der Waals surface area contributed by atoms with E-state index in [1.54, 1.807) is 43.3 Å². The first kappa shape index (κ1) is 21.6. The van der Waals surface area contributed by atoms with E-state index < -0.39 is 5.97 Å². The average molecular weight is 449 g/mol. The van der Waals surface area contributed by atoms with Crippen LogP contribution in [0.4, 0.5) is 5.69 Å². The molecule has 0 N–H and O–H groups in total. The van der Waals surface area contributed by atoms with Crippen molar-refractivity contribution in [3.8, 4) is 11.3 Å². The van der Waals surface area contributed by atoms with Gasteiger partial charge < -0.3 is 9.15 Å². The molecule has 4 rings (SSSR count). The van der Waals surface area contributed by atoms with Gasteiger partial charge in [-0.2, -0.15) is 10.1 Å². The second-order valence-electron chi connectivity index (χ2n) is 7.52. The number of amides is 1. The summed E-state index contributed by atoms with van der Waals surface area (Å²) in [6.45, 7) is 5.81. The Hall–Kier alpha value is -3.64. The molecule has 2 aromatic carbocycles. The lowest BCUT2D eigenvalue weighted by molar-refractivity contribution is -0.114. The van der Waals surface area contributed by atoms with Crippen LogP contribution in [0.3, 0.4) is 0 Å². The summed E-state index contributed by atoms with van der Waals surface area (Å²) in [7, 11) is 1.30. The molecule has 0 aliphatic carbocycles. The maximum absolute atomic E-state index is 13.0. The first-order chi connectivity index (χ1) is 15.3. The lowest BCUT2D eigenvalue weighted by atomic mass is 10.1. The Morgan fingerprint density at radius 3 is 2.56 bits per heavy atom. The van der Waals surface area contributed by atoms with Gasteiger partial charge in [0.15, 0.2) is 0 Å². The summed E-state index contributed by atoms with van der Waals surface area (Å²) in [5.74, 6) is 0.280. The second kappa shape index (κ2) is 8.48. The van der Waals surface area contributed by atoms with Crippen molar-refractivity contribution in [3.05, 3.63) is 81.6 Å². The summed E-state index contributed by atoms with van der Waals surface area (Å²) in [5.41, 5.74) is 4.93. The number of furan rings is 1. The van der Waals surface area contributed by atoms with Crippen molar-refractivity contribution in [3.63, 3.8) is 0 Å². The Bertz CT molecular complexity index is 1300. The third kappa shape index (κ3) is 3.97. The smallest absolute Gasteiger partial charge is 0.339 e. The van der Waals surface area contributed by atoms with Crippen LogP contribution in [-0.2, 0) is 9.53 Å². The zero-order valence-corrected chi connectivity index (χ0v) is 18.9. The molecule has 0 spiro atoms. The number of aryl methyl sites for hydroxylation is 2. The molecule has 7 heteroatoms. The molecule has 1 aliphatic rings. The minimum Gasteiger partial charge on any atom is -0.465 e. The Balaban J connectivity index is 1.62. The van der Waals surface area contributed by atoms with Gasteiger partial charge in [0.25, 0.3) is 5.91 Å². The van der Waals surface area contributed by atoms with Crippen LogP contribution in [0.2, 0.25) is 5.02 Å². The predicted molar refractivity (Wildman–Crippen MR) is 125 cm³/mol. The highest BCUT2D eigenvalue weighted by Gasteiger charge is 2.29. The van der Waals surface area contributed by atoms with Gasteiger partial charge in [-0.3, -0.25) is 4.79 Å². The first-order valence-corrected chi connectivity index (χ1v) is 10.3. The maximum atomic E-state index is 13.0. The lowest BCUT2D eigenvalue weighted by Gasteiger charge is -2.13. The van der Waals surface area contributed by atoms with Gasteiger partial charge in [-0.15, -0.1) is 0 Å². The molecule has 1 aliphatic heterocycles. The Kier molecular flexibility index (Phi) is 5.72. The van der Waals surface area contributed by atoms with Crippen LogP contribution in [0, 0.1) is 13.8 Å². The van der Waals surface area contributed by atoms with Gasteiger partial charge in [0.05, 0.1) is 34.7 Å². The molecule has 0 saturated carbocycles. The van der Waals surface area contributed by atoms with E-state index in [4.69, 9.17) is 20.8 Å². The highest BCUT2D eigenvalue weighted by atomic mass is 35.5. The van der Waals surface area contributed by atoms with Crippen LogP contribution in [0.5, 0.6) is 0 Å². The van der Waals surface area contributed by atoms with Crippen molar-refractivity contribution in [2.45, 2.75) is 20.8 Å². The van der Waals surface area contributed by atoms with Crippen LogP contribution < -0.4 is 5.01 Å². The summed E-state index contributed by atoms with van der Waals surface area (Å²) in [4.78, 5) is 24.9. The molecule has 0 radical (unpaired) electrons. The van der Waals surface area contributed by atoms with E-state index >= 15 is 0 Å². The van der Waals surface area contributed by atoms with Crippen LogP contribution in [0.1, 0.15) is 34.2 Å². The summed E-state index contributed by atoms with van der Waals surface area (Å²) >= 11 is 6.09. The summed E-state index contributed by atoms with van der Waals surface area (Å²) in [6.07, 6.45) is 1.67. The fourth-order valence-electron chi connectivity index (χ4n) is 3.39. The zero-order valence-electron chi connectivity index (χ0n) is 18.1. The number of benzene rings is 2. The lowest BCUT2D eigenvalue weighted by Crippen LogP contribution is -2.21. The summed E-state index contributed by atoms with van der Waals surface area (Å²) in [6, 6.07) is 14.3. The fourth-order valence-corrected chi connectivity index (χ4v) is 3.58. The number of anilines is 1.